The number of carbonyl (C=O) groups is 1. The van der Waals surface area contributed by atoms with Crippen LogP contribution in [-0.4, -0.2) is 16.2 Å². The van der Waals surface area contributed by atoms with E-state index in [1.165, 1.54) is 0 Å². The van der Waals surface area contributed by atoms with Gasteiger partial charge in [-0.25, -0.2) is 9.18 Å². The maximum atomic E-state index is 12.8. The molecule has 3 nitrogen and oxygen atoms in total. The average molecular weight is 206 g/mol. The Labute approximate surface area is 76.4 Å². The van der Waals surface area contributed by atoms with Gasteiger partial charge in [0.25, 0.3) is 0 Å². The number of carboxylic acid groups (broad SMARTS) is 1. The number of rotatable bonds is 2. The number of halogens is 3. The maximum absolute atomic E-state index is 12.8. The van der Waals surface area contributed by atoms with Gasteiger partial charge < -0.3 is 10.2 Å². The molecular formula is C8H5F3O3. The minimum Gasteiger partial charge on any atom is -0.504 e. The van der Waals surface area contributed by atoms with E-state index in [0.717, 1.165) is 12.1 Å². The fourth-order valence-electron chi connectivity index (χ4n) is 0.884. The van der Waals surface area contributed by atoms with Crippen molar-refractivity contribution in [2.45, 2.75) is 5.92 Å². The zero-order valence-electron chi connectivity index (χ0n) is 6.67. The second-order valence-corrected chi connectivity index (χ2v) is 2.52. The van der Waals surface area contributed by atoms with E-state index in [2.05, 4.69) is 0 Å². The van der Waals surface area contributed by atoms with E-state index in [1.807, 2.05) is 0 Å². The van der Waals surface area contributed by atoms with Crippen LogP contribution in [0.1, 0.15) is 5.56 Å². The normalized spacial score (nSPS) is 11.4. The molecule has 0 atom stereocenters. The molecule has 6 heteroatoms. The monoisotopic (exact) mass is 206 g/mol. The zero-order valence-corrected chi connectivity index (χ0v) is 6.67. The first kappa shape index (κ1) is 10.4. The molecule has 14 heavy (non-hydrogen) atoms. The fourth-order valence-corrected chi connectivity index (χ4v) is 0.884. The van der Waals surface area contributed by atoms with Gasteiger partial charge in [-0.2, -0.15) is 8.78 Å². The van der Waals surface area contributed by atoms with Crippen LogP contribution >= 0.6 is 0 Å². The van der Waals surface area contributed by atoms with Crippen LogP contribution in [-0.2, 0) is 10.7 Å². The van der Waals surface area contributed by atoms with Gasteiger partial charge in [0.15, 0.2) is 11.6 Å². The highest BCUT2D eigenvalue weighted by Crippen LogP contribution is 2.35. The van der Waals surface area contributed by atoms with Crippen molar-refractivity contribution < 1.29 is 28.2 Å². The summed E-state index contributed by atoms with van der Waals surface area (Å²) in [6, 6.07) is 2.28. The van der Waals surface area contributed by atoms with Crippen LogP contribution in [0.2, 0.25) is 0 Å². The van der Waals surface area contributed by atoms with E-state index in [4.69, 9.17) is 10.2 Å². The number of hydrogen-bond donors (Lipinski definition) is 2. The molecule has 76 valence electrons. The van der Waals surface area contributed by atoms with E-state index >= 15 is 0 Å². The molecule has 0 aromatic heterocycles. The molecule has 0 aliphatic carbocycles. The largest absolute Gasteiger partial charge is 0.504 e. The summed E-state index contributed by atoms with van der Waals surface area (Å²) in [6.07, 6.45) is 0. The molecule has 0 fully saturated rings. The predicted octanol–water partition coefficient (Wildman–Crippen LogP) is 1.71. The molecule has 0 amide bonds. The lowest BCUT2D eigenvalue weighted by atomic mass is 10.1. The number of phenols is 1. The smallest absolute Gasteiger partial charge is 0.379 e. The van der Waals surface area contributed by atoms with Crippen molar-refractivity contribution in [1.82, 2.24) is 0 Å². The van der Waals surface area contributed by atoms with Crippen LogP contribution in [0.15, 0.2) is 18.2 Å². The summed E-state index contributed by atoms with van der Waals surface area (Å²) < 4.78 is 38.2. The Hall–Kier alpha value is -1.72. The van der Waals surface area contributed by atoms with Crippen molar-refractivity contribution in [2.75, 3.05) is 0 Å². The zero-order chi connectivity index (χ0) is 10.9. The summed E-state index contributed by atoms with van der Waals surface area (Å²) in [5.74, 6) is -9.38. The first-order chi connectivity index (χ1) is 6.37. The first-order valence-electron chi connectivity index (χ1n) is 3.46. The molecule has 0 saturated heterocycles. The van der Waals surface area contributed by atoms with Crippen molar-refractivity contribution >= 4 is 5.97 Å². The molecule has 1 rings (SSSR count). The second kappa shape index (κ2) is 3.21. The Morgan fingerprint density at radius 2 is 1.93 bits per heavy atom. The lowest BCUT2D eigenvalue weighted by molar-refractivity contribution is -0.166. The highest BCUT2D eigenvalue weighted by molar-refractivity contribution is 5.78. The highest BCUT2D eigenvalue weighted by Gasteiger charge is 2.43. The molecule has 0 radical (unpaired) electrons. The Morgan fingerprint density at radius 3 is 2.43 bits per heavy atom. The van der Waals surface area contributed by atoms with E-state index in [1.54, 1.807) is 0 Å². The number of phenolic OH excluding ortho intramolecular Hbond substituents is 1. The molecule has 0 aliphatic heterocycles. The van der Waals surface area contributed by atoms with Crippen molar-refractivity contribution in [1.29, 1.82) is 0 Å². The SMILES string of the molecule is O=C(O)C(F)(F)c1cccc(F)c1O. The fraction of sp³-hybridized carbons (Fsp3) is 0.125. The quantitative estimate of drug-likeness (QED) is 0.774. The standard InChI is InChI=1S/C8H5F3O3/c9-5-3-1-2-4(6(5)12)8(10,11)7(13)14/h1-3,12H,(H,13,14). The lowest BCUT2D eigenvalue weighted by Gasteiger charge is -2.12. The summed E-state index contributed by atoms with van der Waals surface area (Å²) in [4.78, 5) is 10.1. The predicted molar refractivity (Wildman–Crippen MR) is 39.6 cm³/mol. The molecule has 0 spiro atoms. The molecule has 0 saturated carbocycles. The summed E-state index contributed by atoms with van der Waals surface area (Å²) in [5.41, 5.74) is -1.26. The molecule has 0 heterocycles. The van der Waals surface area contributed by atoms with Crippen LogP contribution in [0.5, 0.6) is 5.75 Å². The summed E-state index contributed by atoms with van der Waals surface area (Å²) in [5, 5.41) is 17.0. The number of benzene rings is 1. The van der Waals surface area contributed by atoms with Crippen LogP contribution in [0.25, 0.3) is 0 Å². The Morgan fingerprint density at radius 1 is 1.36 bits per heavy atom. The Balaban J connectivity index is 3.33. The Bertz CT molecular complexity index is 376. The van der Waals surface area contributed by atoms with Gasteiger partial charge in [0, 0.05) is 0 Å². The summed E-state index contributed by atoms with van der Waals surface area (Å²) in [6.45, 7) is 0. The van der Waals surface area contributed by atoms with Crippen LogP contribution in [0.4, 0.5) is 13.2 Å². The molecule has 1 aromatic rings. The van der Waals surface area contributed by atoms with Gasteiger partial charge in [0.1, 0.15) is 0 Å². The topological polar surface area (TPSA) is 57.5 Å². The molecule has 2 N–H and O–H groups in total. The molecule has 0 bridgehead atoms. The van der Waals surface area contributed by atoms with Crippen LogP contribution in [0, 0.1) is 5.82 Å². The first-order valence-corrected chi connectivity index (χ1v) is 3.46. The minimum absolute atomic E-state index is 0.645. The van der Waals surface area contributed by atoms with Crippen LogP contribution < -0.4 is 0 Å². The molecule has 0 aliphatic rings. The third kappa shape index (κ3) is 1.50. The highest BCUT2D eigenvalue weighted by atomic mass is 19.3. The Kier molecular flexibility index (Phi) is 2.37. The van der Waals surface area contributed by atoms with Gasteiger partial charge in [0.05, 0.1) is 5.56 Å². The second-order valence-electron chi connectivity index (χ2n) is 2.52. The van der Waals surface area contributed by atoms with Crippen molar-refractivity contribution in [3.05, 3.63) is 29.6 Å². The van der Waals surface area contributed by atoms with E-state index in [-0.39, 0.29) is 0 Å². The van der Waals surface area contributed by atoms with Crippen molar-refractivity contribution in [3.63, 3.8) is 0 Å². The number of aliphatic carboxylic acids is 1. The van der Waals surface area contributed by atoms with Crippen molar-refractivity contribution in [2.24, 2.45) is 0 Å². The molecule has 0 unspecified atom stereocenters. The van der Waals surface area contributed by atoms with Crippen LogP contribution in [0.3, 0.4) is 0 Å². The molecular weight excluding hydrogens is 201 g/mol. The van der Waals surface area contributed by atoms with Gasteiger partial charge in [-0.3, -0.25) is 0 Å². The number of para-hydroxylation sites is 1. The summed E-state index contributed by atoms with van der Waals surface area (Å²) in [7, 11) is 0. The number of aromatic hydroxyl groups is 1. The third-order valence-corrected chi connectivity index (χ3v) is 1.59. The third-order valence-electron chi connectivity index (χ3n) is 1.59. The van der Waals surface area contributed by atoms with E-state index in [0.29, 0.717) is 6.07 Å². The summed E-state index contributed by atoms with van der Waals surface area (Å²) >= 11 is 0. The van der Waals surface area contributed by atoms with Gasteiger partial charge >= 0.3 is 11.9 Å². The van der Waals surface area contributed by atoms with Gasteiger partial charge in [-0.05, 0) is 12.1 Å². The van der Waals surface area contributed by atoms with Gasteiger partial charge in [-0.15, -0.1) is 0 Å². The maximum Gasteiger partial charge on any atom is 0.379 e. The van der Waals surface area contributed by atoms with Crippen molar-refractivity contribution in [3.8, 4) is 5.75 Å². The number of alkyl halides is 2. The lowest BCUT2D eigenvalue weighted by Crippen LogP contribution is -2.25. The average Bonchev–Trinajstić information content (AvgIpc) is 2.09. The molecule has 1 aromatic carbocycles. The minimum atomic E-state index is -4.30. The van der Waals surface area contributed by atoms with E-state index in [9.17, 15) is 18.0 Å². The van der Waals surface area contributed by atoms with E-state index < -0.39 is 29.0 Å². The van der Waals surface area contributed by atoms with Gasteiger partial charge in [-0.1, -0.05) is 6.07 Å². The number of carboxylic acids is 1. The number of hydrogen-bond acceptors (Lipinski definition) is 2. The van der Waals surface area contributed by atoms with Gasteiger partial charge in [0.2, 0.25) is 0 Å².